The highest BCUT2D eigenvalue weighted by atomic mass is 32.2. The zero-order valence-corrected chi connectivity index (χ0v) is 22.0. The van der Waals surface area contributed by atoms with Gasteiger partial charge in [-0.3, -0.25) is 9.78 Å². The van der Waals surface area contributed by atoms with Crippen molar-refractivity contribution in [3.63, 3.8) is 0 Å². The van der Waals surface area contributed by atoms with Crippen LogP contribution in [0.1, 0.15) is 18.5 Å². The number of benzene rings is 2. The van der Waals surface area contributed by atoms with Crippen molar-refractivity contribution in [1.82, 2.24) is 9.97 Å². The lowest BCUT2D eigenvalue weighted by atomic mass is 10.1. The van der Waals surface area contributed by atoms with Crippen molar-refractivity contribution in [1.29, 1.82) is 0 Å². The Balaban J connectivity index is 1.26. The van der Waals surface area contributed by atoms with E-state index in [0.717, 1.165) is 68.3 Å². The molecule has 194 valence electrons. The Morgan fingerprint density at radius 2 is 1.95 bits per heavy atom. The van der Waals surface area contributed by atoms with Crippen LogP contribution in [0.5, 0.6) is 17.2 Å². The fourth-order valence-electron chi connectivity index (χ4n) is 4.70. The second kappa shape index (κ2) is 10.4. The minimum absolute atomic E-state index is 0.0413. The van der Waals surface area contributed by atoms with E-state index in [-0.39, 0.29) is 11.6 Å². The molecule has 8 nitrogen and oxygen atoms in total. The molecule has 6 rings (SSSR count). The van der Waals surface area contributed by atoms with E-state index in [9.17, 15) is 4.79 Å². The van der Waals surface area contributed by atoms with Crippen molar-refractivity contribution in [2.45, 2.75) is 22.8 Å². The SMILES string of the molecule is COc1cncc(C(C)Nc2ccc3c(c2)Sc2cccc(-c4cc(N5CCOCC5)cc(=O)[nH]4)c2O3)c1. The molecule has 0 bridgehead atoms. The predicted molar refractivity (Wildman–Crippen MR) is 149 cm³/mol. The van der Waals surface area contributed by atoms with Gasteiger partial charge in [-0.05, 0) is 55.0 Å². The number of nitrogens with one attached hydrogen (secondary N) is 2. The number of aromatic nitrogens is 2. The maximum absolute atomic E-state index is 12.6. The summed E-state index contributed by atoms with van der Waals surface area (Å²) < 4.78 is 17.2. The first-order valence-electron chi connectivity index (χ1n) is 12.5. The summed E-state index contributed by atoms with van der Waals surface area (Å²) in [6.07, 6.45) is 3.54. The third-order valence-electron chi connectivity index (χ3n) is 6.70. The molecular formula is C29H28N4O4S. The molecule has 0 amide bonds. The maximum atomic E-state index is 12.6. The average molecular weight is 529 g/mol. The lowest BCUT2D eigenvalue weighted by Crippen LogP contribution is -2.36. The van der Waals surface area contributed by atoms with E-state index in [2.05, 4.69) is 33.2 Å². The lowest BCUT2D eigenvalue weighted by molar-refractivity contribution is 0.122. The normalized spacial score (nSPS) is 15.2. The topological polar surface area (TPSA) is 88.7 Å². The summed E-state index contributed by atoms with van der Waals surface area (Å²) >= 11 is 1.65. The van der Waals surface area contributed by atoms with Gasteiger partial charge < -0.3 is 29.4 Å². The molecule has 1 unspecified atom stereocenters. The summed E-state index contributed by atoms with van der Waals surface area (Å²) in [6, 6.07) is 17.8. The van der Waals surface area contributed by atoms with Crippen LogP contribution in [0.25, 0.3) is 11.3 Å². The number of rotatable bonds is 6. The zero-order chi connectivity index (χ0) is 26.1. The monoisotopic (exact) mass is 528 g/mol. The number of anilines is 2. The Kier molecular flexibility index (Phi) is 6.70. The number of methoxy groups -OCH3 is 1. The van der Waals surface area contributed by atoms with Crippen LogP contribution in [0, 0.1) is 0 Å². The van der Waals surface area contributed by atoms with Crippen LogP contribution in [-0.2, 0) is 4.74 Å². The molecule has 38 heavy (non-hydrogen) atoms. The van der Waals surface area contributed by atoms with Gasteiger partial charge in [0.25, 0.3) is 0 Å². The first-order chi connectivity index (χ1) is 18.6. The standard InChI is InChI=1S/C29H28N4O4S/c1-18(19-12-22(35-2)17-30-16-19)31-20-6-7-25-27(13-20)38-26-5-3-4-23(29(26)37-25)24-14-21(15-28(34)32-24)33-8-10-36-11-9-33/h3-7,12-18,31H,8-11H2,1-2H3,(H,32,34). The first kappa shape index (κ1) is 24.4. The number of ether oxygens (including phenoxy) is 3. The van der Waals surface area contributed by atoms with Crippen LogP contribution in [0.15, 0.2) is 81.6 Å². The molecule has 2 aliphatic heterocycles. The molecule has 0 spiro atoms. The summed E-state index contributed by atoms with van der Waals surface area (Å²) in [6.45, 7) is 4.93. The van der Waals surface area contributed by atoms with Gasteiger partial charge in [0.15, 0.2) is 5.75 Å². The number of fused-ring (bicyclic) bond motifs is 2. The second-order valence-corrected chi connectivity index (χ2v) is 10.3. The van der Waals surface area contributed by atoms with Crippen molar-refractivity contribution in [3.05, 3.63) is 82.9 Å². The lowest BCUT2D eigenvalue weighted by Gasteiger charge is -2.29. The fourth-order valence-corrected chi connectivity index (χ4v) is 5.72. The maximum Gasteiger partial charge on any atom is 0.250 e. The van der Waals surface area contributed by atoms with E-state index >= 15 is 0 Å². The van der Waals surface area contributed by atoms with Crippen LogP contribution in [-0.4, -0.2) is 43.4 Å². The molecule has 0 radical (unpaired) electrons. The van der Waals surface area contributed by atoms with Gasteiger partial charge in [-0.15, -0.1) is 0 Å². The number of para-hydroxylation sites is 1. The molecule has 2 aliphatic rings. The van der Waals surface area contributed by atoms with E-state index in [1.54, 1.807) is 31.1 Å². The van der Waals surface area contributed by atoms with Gasteiger partial charge in [0.2, 0.25) is 5.56 Å². The molecule has 1 fully saturated rings. The average Bonchev–Trinajstić information content (AvgIpc) is 2.96. The van der Waals surface area contributed by atoms with Crippen LogP contribution < -0.4 is 25.2 Å². The summed E-state index contributed by atoms with van der Waals surface area (Å²) in [5, 5.41) is 3.55. The van der Waals surface area contributed by atoms with E-state index in [4.69, 9.17) is 14.2 Å². The van der Waals surface area contributed by atoms with Gasteiger partial charge in [-0.1, -0.05) is 17.8 Å². The highest BCUT2D eigenvalue weighted by molar-refractivity contribution is 7.99. The van der Waals surface area contributed by atoms with Crippen molar-refractivity contribution in [2.75, 3.05) is 43.6 Å². The summed E-state index contributed by atoms with van der Waals surface area (Å²) in [4.78, 5) is 24.0. The van der Waals surface area contributed by atoms with Gasteiger partial charge in [0, 0.05) is 42.3 Å². The number of hydrogen-bond donors (Lipinski definition) is 2. The molecule has 2 N–H and O–H groups in total. The number of aromatic amines is 1. The molecule has 4 aromatic rings. The first-order valence-corrected chi connectivity index (χ1v) is 13.3. The second-order valence-electron chi connectivity index (χ2n) is 9.24. The van der Waals surface area contributed by atoms with Gasteiger partial charge in [-0.2, -0.15) is 0 Å². The number of H-pyrrole nitrogens is 1. The third kappa shape index (κ3) is 4.94. The van der Waals surface area contributed by atoms with Gasteiger partial charge >= 0.3 is 0 Å². The van der Waals surface area contributed by atoms with Gasteiger partial charge in [0.05, 0.1) is 48.0 Å². The summed E-state index contributed by atoms with van der Waals surface area (Å²) in [7, 11) is 1.64. The fraction of sp³-hybridized carbons (Fsp3) is 0.241. The number of nitrogens with zero attached hydrogens (tertiary/aromatic N) is 2. The molecular weight excluding hydrogens is 500 g/mol. The molecule has 2 aromatic carbocycles. The van der Waals surface area contributed by atoms with Crippen LogP contribution in [0.2, 0.25) is 0 Å². The third-order valence-corrected chi connectivity index (χ3v) is 7.78. The minimum Gasteiger partial charge on any atom is -0.495 e. The Hall–Kier alpha value is -3.95. The van der Waals surface area contributed by atoms with E-state index < -0.39 is 0 Å². The van der Waals surface area contributed by atoms with Crippen LogP contribution >= 0.6 is 11.8 Å². The molecule has 1 atom stereocenters. The molecule has 0 aliphatic carbocycles. The molecule has 1 saturated heterocycles. The molecule has 4 heterocycles. The highest BCUT2D eigenvalue weighted by Crippen LogP contribution is 2.51. The largest absolute Gasteiger partial charge is 0.495 e. The molecule has 0 saturated carbocycles. The van der Waals surface area contributed by atoms with E-state index in [1.165, 1.54) is 0 Å². The number of morpholine rings is 1. The van der Waals surface area contributed by atoms with Crippen molar-refractivity contribution >= 4 is 23.1 Å². The predicted octanol–water partition coefficient (Wildman–Crippen LogP) is 5.71. The van der Waals surface area contributed by atoms with E-state index in [1.807, 2.05) is 48.7 Å². The number of pyridine rings is 2. The highest BCUT2D eigenvalue weighted by Gasteiger charge is 2.23. The quantitative estimate of drug-likeness (QED) is 0.290. The van der Waals surface area contributed by atoms with Crippen LogP contribution in [0.4, 0.5) is 11.4 Å². The Bertz CT molecular complexity index is 1530. The Labute approximate surface area is 225 Å². The van der Waals surface area contributed by atoms with Crippen molar-refractivity contribution in [3.8, 4) is 28.5 Å². The zero-order valence-electron chi connectivity index (χ0n) is 21.2. The summed E-state index contributed by atoms with van der Waals surface area (Å²) in [5.41, 5.74) is 4.37. The summed E-state index contributed by atoms with van der Waals surface area (Å²) in [5.74, 6) is 2.26. The van der Waals surface area contributed by atoms with Gasteiger partial charge in [-0.25, -0.2) is 0 Å². The number of hydrogen-bond acceptors (Lipinski definition) is 8. The Morgan fingerprint density at radius 1 is 1.08 bits per heavy atom. The van der Waals surface area contributed by atoms with Gasteiger partial charge in [0.1, 0.15) is 11.5 Å². The smallest absolute Gasteiger partial charge is 0.250 e. The molecule has 2 aromatic heterocycles. The van der Waals surface area contributed by atoms with Crippen molar-refractivity contribution < 1.29 is 14.2 Å². The van der Waals surface area contributed by atoms with E-state index in [0.29, 0.717) is 13.2 Å². The van der Waals surface area contributed by atoms with Crippen molar-refractivity contribution in [2.24, 2.45) is 0 Å². The minimum atomic E-state index is -0.137. The molecule has 9 heteroatoms. The van der Waals surface area contributed by atoms with Crippen LogP contribution in [0.3, 0.4) is 0 Å². The Morgan fingerprint density at radius 3 is 2.79 bits per heavy atom.